The van der Waals surface area contributed by atoms with Crippen LogP contribution in [0, 0.1) is 10.5 Å². The first kappa shape index (κ1) is 10.3. The van der Waals surface area contributed by atoms with Gasteiger partial charge in [0.2, 0.25) is 0 Å². The van der Waals surface area contributed by atoms with Gasteiger partial charge in [0, 0.05) is 24.6 Å². The zero-order chi connectivity index (χ0) is 10.3. The summed E-state index contributed by atoms with van der Waals surface area (Å²) in [6.07, 6.45) is -2.37. The summed E-state index contributed by atoms with van der Waals surface area (Å²) < 4.78 is 27.2. The van der Waals surface area contributed by atoms with E-state index in [1.807, 2.05) is 19.1 Å². The van der Waals surface area contributed by atoms with Gasteiger partial charge < -0.3 is 0 Å². The van der Waals surface area contributed by atoms with Crippen molar-refractivity contribution in [2.75, 3.05) is 0 Å². The van der Waals surface area contributed by atoms with Crippen molar-refractivity contribution >= 4 is 44.0 Å². The fourth-order valence-electron chi connectivity index (χ4n) is 1.42. The molecule has 0 aliphatic heterocycles. The molecule has 0 spiro atoms. The smallest absolute Gasteiger partial charge is 0.205 e. The molecular formula is C10H7F2IS. The van der Waals surface area contributed by atoms with Crippen LogP contribution in [0.3, 0.4) is 0 Å². The molecule has 0 amide bonds. The van der Waals surface area contributed by atoms with E-state index >= 15 is 0 Å². The third-order valence-corrected chi connectivity index (χ3v) is 4.30. The van der Waals surface area contributed by atoms with Gasteiger partial charge >= 0.3 is 0 Å². The van der Waals surface area contributed by atoms with E-state index < -0.39 is 6.43 Å². The van der Waals surface area contributed by atoms with E-state index in [0.29, 0.717) is 5.39 Å². The number of rotatable bonds is 1. The zero-order valence-corrected chi connectivity index (χ0v) is 10.3. The number of fused-ring (bicyclic) bond motifs is 1. The van der Waals surface area contributed by atoms with Crippen molar-refractivity contribution in [2.24, 2.45) is 0 Å². The highest BCUT2D eigenvalue weighted by atomic mass is 127. The molecule has 0 radical (unpaired) electrons. The van der Waals surface area contributed by atoms with Crippen LogP contribution in [0.15, 0.2) is 17.5 Å². The maximum Gasteiger partial charge on any atom is 0.265 e. The molecule has 0 saturated carbocycles. The Labute approximate surface area is 98.1 Å². The first-order valence-electron chi connectivity index (χ1n) is 4.05. The molecule has 0 bridgehead atoms. The first-order chi connectivity index (χ1) is 6.59. The molecule has 0 unspecified atom stereocenters. The van der Waals surface area contributed by atoms with Crippen LogP contribution in [-0.2, 0) is 0 Å². The SMILES string of the molecule is Cc1cc(I)c2scc(C(F)F)c2c1. The molecular weight excluding hydrogens is 317 g/mol. The van der Waals surface area contributed by atoms with Gasteiger partial charge in [-0.05, 0) is 41.1 Å². The monoisotopic (exact) mass is 324 g/mol. The second kappa shape index (κ2) is 3.73. The van der Waals surface area contributed by atoms with Crippen molar-refractivity contribution < 1.29 is 8.78 Å². The van der Waals surface area contributed by atoms with E-state index in [1.165, 1.54) is 11.3 Å². The predicted octanol–water partition coefficient (Wildman–Crippen LogP) is 4.75. The summed E-state index contributed by atoms with van der Waals surface area (Å²) >= 11 is 3.58. The van der Waals surface area contributed by atoms with Crippen LogP contribution in [0.2, 0.25) is 0 Å². The highest BCUT2D eigenvalue weighted by Gasteiger charge is 2.14. The van der Waals surface area contributed by atoms with Gasteiger partial charge in [-0.25, -0.2) is 8.78 Å². The summed E-state index contributed by atoms with van der Waals surface area (Å²) in [6.45, 7) is 1.93. The van der Waals surface area contributed by atoms with Gasteiger partial charge in [0.05, 0.1) is 0 Å². The Kier molecular flexibility index (Phi) is 2.74. The van der Waals surface area contributed by atoms with Crippen LogP contribution in [0.1, 0.15) is 17.6 Å². The van der Waals surface area contributed by atoms with Gasteiger partial charge in [0.25, 0.3) is 6.43 Å². The summed E-state index contributed by atoms with van der Waals surface area (Å²) in [6, 6.07) is 3.84. The van der Waals surface area contributed by atoms with Gasteiger partial charge in [-0.15, -0.1) is 11.3 Å². The second-order valence-corrected chi connectivity index (χ2v) is 5.16. The van der Waals surface area contributed by atoms with E-state index in [1.54, 1.807) is 5.38 Å². The molecule has 0 atom stereocenters. The van der Waals surface area contributed by atoms with Crippen LogP contribution in [0.5, 0.6) is 0 Å². The summed E-state index contributed by atoms with van der Waals surface area (Å²) in [5, 5.41) is 2.26. The van der Waals surface area contributed by atoms with E-state index in [4.69, 9.17) is 0 Å². The Morgan fingerprint density at radius 1 is 1.36 bits per heavy atom. The Morgan fingerprint density at radius 2 is 2.07 bits per heavy atom. The molecule has 0 nitrogen and oxygen atoms in total. The quantitative estimate of drug-likeness (QED) is 0.664. The number of alkyl halides is 2. The zero-order valence-electron chi connectivity index (χ0n) is 7.35. The molecule has 1 aromatic carbocycles. The largest absolute Gasteiger partial charge is 0.265 e. The van der Waals surface area contributed by atoms with E-state index in [2.05, 4.69) is 22.6 Å². The Balaban J connectivity index is 2.78. The minimum atomic E-state index is -2.37. The molecule has 0 saturated heterocycles. The number of thiophene rings is 1. The number of aryl methyl sites for hydroxylation is 1. The normalized spacial score (nSPS) is 11.5. The molecule has 0 aliphatic rings. The first-order valence-corrected chi connectivity index (χ1v) is 6.01. The standard InChI is InChI=1S/C10H7F2IS/c1-5-2-6-7(10(11)12)4-14-9(6)8(13)3-5/h2-4,10H,1H3. The summed E-state index contributed by atoms with van der Waals surface area (Å²) in [4.78, 5) is 0. The number of benzene rings is 1. The van der Waals surface area contributed by atoms with Crippen LogP contribution in [-0.4, -0.2) is 0 Å². The second-order valence-electron chi connectivity index (χ2n) is 3.12. The molecule has 1 aromatic heterocycles. The van der Waals surface area contributed by atoms with Crippen molar-refractivity contribution in [1.82, 2.24) is 0 Å². The fraction of sp³-hybridized carbons (Fsp3) is 0.200. The van der Waals surface area contributed by atoms with Crippen molar-refractivity contribution in [3.8, 4) is 0 Å². The van der Waals surface area contributed by atoms with Crippen molar-refractivity contribution in [3.63, 3.8) is 0 Å². The van der Waals surface area contributed by atoms with Gasteiger partial charge in [-0.3, -0.25) is 0 Å². The van der Waals surface area contributed by atoms with Crippen LogP contribution in [0.4, 0.5) is 8.78 Å². The highest BCUT2D eigenvalue weighted by molar-refractivity contribution is 14.1. The third-order valence-electron chi connectivity index (χ3n) is 2.04. The Morgan fingerprint density at radius 3 is 2.71 bits per heavy atom. The lowest BCUT2D eigenvalue weighted by Crippen LogP contribution is -1.82. The molecule has 4 heteroatoms. The number of hydrogen-bond donors (Lipinski definition) is 0. The lowest BCUT2D eigenvalue weighted by Gasteiger charge is -2.00. The van der Waals surface area contributed by atoms with Gasteiger partial charge in [0.15, 0.2) is 0 Å². The molecule has 74 valence electrons. The number of hydrogen-bond acceptors (Lipinski definition) is 1. The van der Waals surface area contributed by atoms with Crippen LogP contribution >= 0.6 is 33.9 Å². The lowest BCUT2D eigenvalue weighted by atomic mass is 10.1. The molecule has 1 heterocycles. The predicted molar refractivity (Wildman–Crippen MR) is 64.2 cm³/mol. The van der Waals surface area contributed by atoms with Gasteiger partial charge in [-0.1, -0.05) is 6.07 Å². The topological polar surface area (TPSA) is 0 Å². The summed E-state index contributed by atoms with van der Waals surface area (Å²) in [5.74, 6) is 0. The van der Waals surface area contributed by atoms with Crippen LogP contribution in [0.25, 0.3) is 10.1 Å². The fourth-order valence-corrected chi connectivity index (χ4v) is 3.53. The van der Waals surface area contributed by atoms with Crippen molar-refractivity contribution in [2.45, 2.75) is 13.3 Å². The average molecular weight is 324 g/mol. The average Bonchev–Trinajstić information content (AvgIpc) is 2.47. The lowest BCUT2D eigenvalue weighted by molar-refractivity contribution is 0.153. The Hall–Kier alpha value is -0.230. The Bertz CT molecular complexity index is 476. The molecule has 2 rings (SSSR count). The minimum absolute atomic E-state index is 0.159. The maximum atomic E-state index is 12.6. The molecule has 0 N–H and O–H groups in total. The highest BCUT2D eigenvalue weighted by Crippen LogP contribution is 2.36. The minimum Gasteiger partial charge on any atom is -0.205 e. The number of halogens is 3. The molecule has 2 aromatic rings. The van der Waals surface area contributed by atoms with E-state index in [0.717, 1.165) is 13.8 Å². The maximum absolute atomic E-state index is 12.6. The van der Waals surface area contributed by atoms with Crippen molar-refractivity contribution in [1.29, 1.82) is 0 Å². The van der Waals surface area contributed by atoms with E-state index in [9.17, 15) is 8.78 Å². The summed E-state index contributed by atoms with van der Waals surface area (Å²) in [7, 11) is 0. The van der Waals surface area contributed by atoms with Crippen LogP contribution < -0.4 is 0 Å². The van der Waals surface area contributed by atoms with Crippen molar-refractivity contribution in [3.05, 3.63) is 32.2 Å². The molecule has 14 heavy (non-hydrogen) atoms. The van der Waals surface area contributed by atoms with Gasteiger partial charge in [0.1, 0.15) is 0 Å². The van der Waals surface area contributed by atoms with Gasteiger partial charge in [-0.2, -0.15) is 0 Å². The molecule has 0 aliphatic carbocycles. The molecule has 0 fully saturated rings. The van der Waals surface area contributed by atoms with E-state index in [-0.39, 0.29) is 5.56 Å². The third kappa shape index (κ3) is 1.65. The summed E-state index contributed by atoms with van der Waals surface area (Å²) in [5.41, 5.74) is 1.19.